The molecule has 1 heterocycles. The van der Waals surface area contributed by atoms with Crippen LogP contribution in [0.3, 0.4) is 0 Å². The first-order chi connectivity index (χ1) is 19.2. The number of methoxy groups -OCH3 is 1. The van der Waals surface area contributed by atoms with Crippen LogP contribution in [-0.2, 0) is 21.2 Å². The largest absolute Gasteiger partial charge is 0.497 e. The first-order valence-corrected chi connectivity index (χ1v) is 19.1. The number of benzene rings is 2. The van der Waals surface area contributed by atoms with Crippen LogP contribution < -0.4 is 9.64 Å². The van der Waals surface area contributed by atoms with Crippen LogP contribution in [0.1, 0.15) is 61.5 Å². The smallest absolute Gasteiger partial charge is 0.238 e. The number of anilines is 1. The summed E-state index contributed by atoms with van der Waals surface area (Å²) in [6.07, 6.45) is 6.33. The molecule has 1 fully saturated rings. The molecule has 0 aromatic heterocycles. The Hall–Kier alpha value is -2.07. The molecule has 2 aliphatic rings. The highest BCUT2D eigenvalue weighted by Gasteiger charge is 2.55. The SMILES string of the molecule is COc1ccc(CN2C(=O)C3(CCC3)c3cc(C(=O)C=C(SC)N(C)CCO[Si](C)(C)C(C)(C)C)cc(Br)c32)cc1. The van der Waals surface area contributed by atoms with Crippen LogP contribution in [0.5, 0.6) is 5.75 Å². The normalized spacial score (nSPS) is 16.6. The number of ether oxygens (including phenoxy) is 1. The minimum atomic E-state index is -1.83. The summed E-state index contributed by atoms with van der Waals surface area (Å²) < 4.78 is 12.4. The highest BCUT2D eigenvalue weighted by molar-refractivity contribution is 9.10. The molecule has 4 rings (SSSR count). The summed E-state index contributed by atoms with van der Waals surface area (Å²) in [7, 11) is 1.81. The highest BCUT2D eigenvalue weighted by atomic mass is 79.9. The molecule has 1 aliphatic carbocycles. The molecule has 1 amide bonds. The van der Waals surface area contributed by atoms with Gasteiger partial charge in [0.2, 0.25) is 5.91 Å². The summed E-state index contributed by atoms with van der Waals surface area (Å²) in [5.41, 5.74) is 2.94. The lowest BCUT2D eigenvalue weighted by Gasteiger charge is -2.37. The standard InChI is InChI=1S/C32H43BrN2O4SSi/c1-31(2,3)41(7,8)39-17-16-34(4)28(40-6)20-27(36)23-18-25-29(26(33)19-23)35(30(37)32(25)14-9-15-32)21-22-10-12-24(38-5)13-11-22/h10-13,18-20H,9,14-17,21H2,1-8H3. The lowest BCUT2D eigenvalue weighted by molar-refractivity contribution is -0.126. The molecule has 2 aromatic carbocycles. The van der Waals surface area contributed by atoms with Gasteiger partial charge in [-0.2, -0.15) is 0 Å². The zero-order chi connectivity index (χ0) is 30.2. The van der Waals surface area contributed by atoms with E-state index in [-0.39, 0.29) is 16.7 Å². The minimum Gasteiger partial charge on any atom is -0.497 e. The second kappa shape index (κ2) is 12.3. The van der Waals surface area contributed by atoms with E-state index in [1.807, 2.05) is 54.6 Å². The minimum absolute atomic E-state index is 0.0643. The van der Waals surface area contributed by atoms with Gasteiger partial charge < -0.3 is 19.0 Å². The number of hydrogen-bond donors (Lipinski definition) is 0. The Morgan fingerprint density at radius 3 is 2.39 bits per heavy atom. The van der Waals surface area contributed by atoms with Crippen molar-refractivity contribution < 1.29 is 18.8 Å². The third kappa shape index (κ3) is 6.33. The van der Waals surface area contributed by atoms with E-state index in [4.69, 9.17) is 9.16 Å². The van der Waals surface area contributed by atoms with Crippen LogP contribution in [-0.4, -0.2) is 58.5 Å². The van der Waals surface area contributed by atoms with E-state index in [0.29, 0.717) is 25.3 Å². The maximum Gasteiger partial charge on any atom is 0.238 e. The molecule has 0 atom stereocenters. The van der Waals surface area contributed by atoms with Crippen LogP contribution in [0.15, 0.2) is 52.0 Å². The second-order valence-electron chi connectivity index (χ2n) is 12.6. The van der Waals surface area contributed by atoms with Gasteiger partial charge in [-0.25, -0.2) is 0 Å². The average molecular weight is 660 g/mol. The first kappa shape index (κ1) is 31.9. The predicted molar refractivity (Wildman–Crippen MR) is 176 cm³/mol. The highest BCUT2D eigenvalue weighted by Crippen LogP contribution is 2.56. The number of thioether (sulfide) groups is 1. The van der Waals surface area contributed by atoms with Crippen molar-refractivity contribution in [3.8, 4) is 5.75 Å². The van der Waals surface area contributed by atoms with Crippen molar-refractivity contribution in [3.05, 3.63) is 68.7 Å². The molecule has 0 N–H and O–H groups in total. The fraction of sp³-hybridized carbons (Fsp3) is 0.500. The van der Waals surface area contributed by atoms with Gasteiger partial charge in [-0.3, -0.25) is 9.59 Å². The number of carbonyl (C=O) groups excluding carboxylic acids is 2. The van der Waals surface area contributed by atoms with Gasteiger partial charge in [-0.05, 0) is 88.6 Å². The van der Waals surface area contributed by atoms with Crippen molar-refractivity contribution in [2.75, 3.05) is 38.5 Å². The Balaban J connectivity index is 1.56. The Morgan fingerprint density at radius 1 is 1.20 bits per heavy atom. The van der Waals surface area contributed by atoms with E-state index in [9.17, 15) is 9.59 Å². The number of allylic oxidation sites excluding steroid dienone is 1. The molecule has 2 aromatic rings. The number of likely N-dealkylation sites (N-methyl/N-ethyl adjacent to an activating group) is 1. The topological polar surface area (TPSA) is 59.1 Å². The van der Waals surface area contributed by atoms with Gasteiger partial charge in [-0.15, -0.1) is 11.8 Å². The number of nitrogens with zero attached hydrogens (tertiary/aromatic N) is 2. The number of halogens is 1. The van der Waals surface area contributed by atoms with E-state index < -0.39 is 13.7 Å². The molecule has 0 unspecified atom stereocenters. The third-order valence-corrected chi connectivity index (χ3v) is 15.0. The van der Waals surface area contributed by atoms with Crippen LogP contribution in [0.2, 0.25) is 18.1 Å². The van der Waals surface area contributed by atoms with Gasteiger partial charge in [0, 0.05) is 29.7 Å². The van der Waals surface area contributed by atoms with Gasteiger partial charge >= 0.3 is 0 Å². The Kier molecular flexibility index (Phi) is 9.53. The number of hydrogen-bond acceptors (Lipinski definition) is 6. The molecule has 9 heteroatoms. The number of fused-ring (bicyclic) bond motifs is 2. The van der Waals surface area contributed by atoms with Gasteiger partial charge in [0.15, 0.2) is 14.1 Å². The maximum atomic E-state index is 13.8. The Morgan fingerprint density at radius 2 is 1.85 bits per heavy atom. The monoisotopic (exact) mass is 658 g/mol. The molecule has 6 nitrogen and oxygen atoms in total. The molecule has 1 saturated carbocycles. The summed E-state index contributed by atoms with van der Waals surface area (Å²) in [4.78, 5) is 31.4. The molecular formula is C32H43BrN2O4SSi. The summed E-state index contributed by atoms with van der Waals surface area (Å²) in [6, 6.07) is 11.6. The first-order valence-electron chi connectivity index (χ1n) is 14.2. The van der Waals surface area contributed by atoms with E-state index in [1.54, 1.807) is 24.9 Å². The molecule has 0 saturated heterocycles. The van der Waals surface area contributed by atoms with Crippen molar-refractivity contribution in [1.29, 1.82) is 0 Å². The summed E-state index contributed by atoms with van der Waals surface area (Å²) in [6.45, 7) is 13.0. The molecule has 1 spiro atoms. The van der Waals surface area contributed by atoms with E-state index in [2.05, 4.69) is 54.7 Å². The van der Waals surface area contributed by atoms with Crippen molar-refractivity contribution in [2.24, 2.45) is 0 Å². The Bertz CT molecular complexity index is 1330. The lowest BCUT2D eigenvalue weighted by Crippen LogP contribution is -2.44. The number of carbonyl (C=O) groups is 2. The summed E-state index contributed by atoms with van der Waals surface area (Å²) in [5, 5.41) is 1.05. The average Bonchev–Trinajstić information content (AvgIpc) is 3.14. The summed E-state index contributed by atoms with van der Waals surface area (Å²) in [5.74, 6) is 0.848. The fourth-order valence-electron chi connectivity index (χ4n) is 5.22. The van der Waals surface area contributed by atoms with E-state index in [1.165, 1.54) is 0 Å². The van der Waals surface area contributed by atoms with Crippen molar-refractivity contribution in [2.45, 2.75) is 70.1 Å². The van der Waals surface area contributed by atoms with Gasteiger partial charge in [0.25, 0.3) is 0 Å². The molecule has 41 heavy (non-hydrogen) atoms. The molecule has 0 bridgehead atoms. The quantitative estimate of drug-likeness (QED) is 0.140. The van der Waals surface area contributed by atoms with Crippen LogP contribution in [0.4, 0.5) is 5.69 Å². The van der Waals surface area contributed by atoms with Gasteiger partial charge in [-0.1, -0.05) is 39.3 Å². The zero-order valence-electron chi connectivity index (χ0n) is 25.6. The number of rotatable bonds is 11. The van der Waals surface area contributed by atoms with E-state index >= 15 is 0 Å². The fourth-order valence-corrected chi connectivity index (χ4v) is 7.56. The van der Waals surface area contributed by atoms with Crippen molar-refractivity contribution in [3.63, 3.8) is 0 Å². The number of amides is 1. The molecule has 222 valence electrons. The van der Waals surface area contributed by atoms with Crippen LogP contribution >= 0.6 is 27.7 Å². The van der Waals surface area contributed by atoms with Crippen molar-refractivity contribution >= 4 is 53.4 Å². The van der Waals surface area contributed by atoms with E-state index in [0.717, 1.165) is 51.3 Å². The maximum absolute atomic E-state index is 13.8. The second-order valence-corrected chi connectivity index (χ2v) is 19.1. The van der Waals surface area contributed by atoms with Gasteiger partial charge in [0.1, 0.15) is 5.75 Å². The molecule has 0 radical (unpaired) electrons. The molecular weight excluding hydrogens is 616 g/mol. The van der Waals surface area contributed by atoms with Gasteiger partial charge in [0.05, 0.1) is 36.4 Å². The Labute approximate surface area is 259 Å². The van der Waals surface area contributed by atoms with Crippen LogP contribution in [0.25, 0.3) is 0 Å². The third-order valence-electron chi connectivity index (χ3n) is 9.03. The predicted octanol–water partition coefficient (Wildman–Crippen LogP) is 7.77. The molecule has 1 aliphatic heterocycles. The zero-order valence-corrected chi connectivity index (χ0v) is 29.0. The lowest BCUT2D eigenvalue weighted by atomic mass is 9.65. The summed E-state index contributed by atoms with van der Waals surface area (Å²) >= 11 is 5.29. The number of ketones is 1. The van der Waals surface area contributed by atoms with Crippen molar-refractivity contribution in [1.82, 2.24) is 4.90 Å². The van der Waals surface area contributed by atoms with Crippen LogP contribution in [0, 0.1) is 0 Å².